The Labute approximate surface area is 328 Å². The molecule has 0 spiro atoms. The van der Waals surface area contributed by atoms with Crippen LogP contribution >= 0.6 is 0 Å². The van der Waals surface area contributed by atoms with E-state index in [1.165, 1.54) is 33.4 Å². The molecule has 0 aliphatic heterocycles. The Balaban J connectivity index is 1.12. The van der Waals surface area contributed by atoms with E-state index in [0.717, 1.165) is 33.0 Å². The topological polar surface area (TPSA) is 25.8 Å². The molecule has 1 aliphatic carbocycles. The van der Waals surface area contributed by atoms with Gasteiger partial charge in [-0.1, -0.05) is 184 Å². The number of nitrogens with zero attached hydrogens (tertiary/aromatic N) is 2. The number of hydrogen-bond acceptors (Lipinski definition) is 2. The van der Waals surface area contributed by atoms with E-state index in [2.05, 4.69) is 111 Å². The van der Waals surface area contributed by atoms with Crippen molar-refractivity contribution in [3.63, 3.8) is 0 Å². The molecule has 10 rings (SSSR count). The van der Waals surface area contributed by atoms with E-state index in [4.69, 9.17) is 14.1 Å². The molecule has 0 unspecified atom stereocenters. The highest BCUT2D eigenvalue weighted by Crippen LogP contribution is 2.51. The van der Waals surface area contributed by atoms with Crippen LogP contribution in [-0.2, 0) is 5.41 Å². The minimum atomic E-state index is -0.247. The molecule has 1 heterocycles. The van der Waals surface area contributed by atoms with Crippen LogP contribution in [0.1, 0.15) is 30.5 Å². The predicted molar refractivity (Wildman–Crippen MR) is 230 cm³/mol. The van der Waals surface area contributed by atoms with Crippen LogP contribution in [0, 0.1) is 0 Å². The summed E-state index contributed by atoms with van der Waals surface area (Å²) < 4.78 is 36.1. The molecule has 0 fully saturated rings. The summed E-state index contributed by atoms with van der Waals surface area (Å²) in [7, 11) is 0. The van der Waals surface area contributed by atoms with E-state index in [1.54, 1.807) is 0 Å². The zero-order valence-electron chi connectivity index (χ0n) is 34.6. The quantitative estimate of drug-likeness (QED) is 0.172. The summed E-state index contributed by atoms with van der Waals surface area (Å²) in [4.78, 5) is 10.1. The van der Waals surface area contributed by atoms with Crippen LogP contribution in [0.3, 0.4) is 0 Å². The molecule has 0 bridgehead atoms. The standard InChI is InChI=1S/C53H38N2/c1-53(2)48-32-39(36-17-8-4-9-18-36)25-27-45(48)46-28-26-40(33-49(46)53)42-29-30-47(44-24-13-12-23-43(42)44)51-34-50(54-52(55-51)37-19-10-5-11-20-37)41-22-14-21-38(31-41)35-15-6-3-7-16-35/h3-34H,1-2H3/i14D,21D,22D,31D. The van der Waals surface area contributed by atoms with Crippen LogP contribution in [0.2, 0.25) is 0 Å². The van der Waals surface area contributed by atoms with Crippen molar-refractivity contribution in [1.29, 1.82) is 0 Å². The first-order valence-electron chi connectivity index (χ1n) is 20.7. The first kappa shape index (κ1) is 28.6. The van der Waals surface area contributed by atoms with Crippen molar-refractivity contribution in [2.75, 3.05) is 0 Å². The number of hydrogen-bond donors (Lipinski definition) is 0. The Morgan fingerprint density at radius 1 is 0.400 bits per heavy atom. The van der Waals surface area contributed by atoms with Crippen molar-refractivity contribution in [2.24, 2.45) is 0 Å². The largest absolute Gasteiger partial charge is 0.228 e. The van der Waals surface area contributed by atoms with Crippen molar-refractivity contribution in [3.8, 4) is 78.4 Å². The third-order valence-electron chi connectivity index (χ3n) is 11.0. The van der Waals surface area contributed by atoms with Gasteiger partial charge >= 0.3 is 0 Å². The summed E-state index contributed by atoms with van der Waals surface area (Å²) in [5.74, 6) is 0.448. The summed E-state index contributed by atoms with van der Waals surface area (Å²) in [5, 5.41) is 2.08. The highest BCUT2D eigenvalue weighted by atomic mass is 14.9. The molecule has 9 aromatic rings. The van der Waals surface area contributed by atoms with Gasteiger partial charge in [-0.15, -0.1) is 0 Å². The number of benzene rings is 8. The summed E-state index contributed by atoms with van der Waals surface area (Å²) in [6, 6.07) is 57.1. The molecule has 0 N–H and O–H groups in total. The predicted octanol–water partition coefficient (Wildman–Crippen LogP) is 13.9. The maximum absolute atomic E-state index is 9.39. The lowest BCUT2D eigenvalue weighted by atomic mass is 9.80. The maximum Gasteiger partial charge on any atom is 0.160 e. The molecule has 1 aliphatic rings. The Morgan fingerprint density at radius 3 is 1.56 bits per heavy atom. The van der Waals surface area contributed by atoms with Crippen LogP contribution in [0.25, 0.3) is 89.2 Å². The molecule has 0 saturated carbocycles. The second kappa shape index (κ2) is 13.2. The number of rotatable bonds is 6. The van der Waals surface area contributed by atoms with E-state index in [9.17, 15) is 1.37 Å². The van der Waals surface area contributed by atoms with Crippen LogP contribution in [-0.4, -0.2) is 9.97 Å². The second-order valence-corrected chi connectivity index (χ2v) is 14.7. The fourth-order valence-corrected chi connectivity index (χ4v) is 8.14. The lowest BCUT2D eigenvalue weighted by Gasteiger charge is -2.23. The van der Waals surface area contributed by atoms with E-state index >= 15 is 0 Å². The molecular formula is C53H38N2. The highest BCUT2D eigenvalue weighted by Gasteiger charge is 2.36. The van der Waals surface area contributed by atoms with Crippen LogP contribution in [0.5, 0.6) is 0 Å². The van der Waals surface area contributed by atoms with E-state index < -0.39 is 0 Å². The Morgan fingerprint density at radius 2 is 0.891 bits per heavy atom. The van der Waals surface area contributed by atoms with Crippen molar-refractivity contribution in [3.05, 3.63) is 205 Å². The first-order chi connectivity index (χ1) is 28.7. The van der Waals surface area contributed by atoms with Gasteiger partial charge < -0.3 is 0 Å². The smallest absolute Gasteiger partial charge is 0.160 e. The molecule has 0 amide bonds. The molecule has 55 heavy (non-hydrogen) atoms. The average Bonchev–Trinajstić information content (AvgIpc) is 3.50. The van der Waals surface area contributed by atoms with Crippen LogP contribution < -0.4 is 0 Å². The SMILES string of the molecule is [2H]c1c([2H])c(-c2ccccc2)c([2H])c(-c2cc(-c3ccc(-c4ccc5c(c4)C(C)(C)c4cc(-c6ccccc6)ccc4-5)c4ccccc34)nc(-c3ccccc3)n2)c1[2H]. The fourth-order valence-electron chi connectivity index (χ4n) is 8.14. The molecule has 1 aromatic heterocycles. The van der Waals surface area contributed by atoms with Gasteiger partial charge in [-0.3, -0.25) is 0 Å². The minimum Gasteiger partial charge on any atom is -0.228 e. The molecule has 0 saturated heterocycles. The lowest BCUT2D eigenvalue weighted by Crippen LogP contribution is -2.15. The Hall–Kier alpha value is -6.90. The third-order valence-corrected chi connectivity index (χ3v) is 11.0. The van der Waals surface area contributed by atoms with Gasteiger partial charge in [-0.2, -0.15) is 0 Å². The summed E-state index contributed by atoms with van der Waals surface area (Å²) >= 11 is 0. The molecule has 2 nitrogen and oxygen atoms in total. The molecular weight excluding hydrogens is 665 g/mol. The first-order valence-corrected chi connectivity index (χ1v) is 18.7. The third kappa shape index (κ3) is 5.75. The van der Waals surface area contributed by atoms with Crippen molar-refractivity contribution in [1.82, 2.24) is 9.97 Å². The van der Waals surface area contributed by atoms with Crippen molar-refractivity contribution < 1.29 is 5.48 Å². The van der Waals surface area contributed by atoms with Gasteiger partial charge in [0, 0.05) is 22.1 Å². The molecule has 2 heteroatoms. The van der Waals surface area contributed by atoms with Crippen LogP contribution in [0.15, 0.2) is 194 Å². The summed E-state index contributed by atoms with van der Waals surface area (Å²) in [6.07, 6.45) is 0. The van der Waals surface area contributed by atoms with Crippen molar-refractivity contribution in [2.45, 2.75) is 19.3 Å². The van der Waals surface area contributed by atoms with Gasteiger partial charge in [0.1, 0.15) is 0 Å². The normalized spacial score (nSPS) is 13.7. The van der Waals surface area contributed by atoms with Gasteiger partial charge in [0.2, 0.25) is 0 Å². The van der Waals surface area contributed by atoms with Crippen molar-refractivity contribution >= 4 is 10.8 Å². The van der Waals surface area contributed by atoms with Crippen LogP contribution in [0.4, 0.5) is 0 Å². The lowest BCUT2D eigenvalue weighted by molar-refractivity contribution is 0.661. The van der Waals surface area contributed by atoms with Gasteiger partial charge in [-0.05, 0) is 90.6 Å². The molecule has 0 atom stereocenters. The average molecular weight is 707 g/mol. The Kier molecular flexibility index (Phi) is 6.86. The highest BCUT2D eigenvalue weighted by molar-refractivity contribution is 6.05. The summed E-state index contributed by atoms with van der Waals surface area (Å²) in [6.45, 7) is 4.64. The second-order valence-electron chi connectivity index (χ2n) is 14.7. The molecule has 260 valence electrons. The Bertz CT molecular complexity index is 3110. The van der Waals surface area contributed by atoms with Gasteiger partial charge in [0.05, 0.1) is 16.9 Å². The monoisotopic (exact) mass is 706 g/mol. The zero-order valence-corrected chi connectivity index (χ0v) is 30.6. The van der Waals surface area contributed by atoms with Gasteiger partial charge in [0.25, 0.3) is 0 Å². The fraction of sp³-hybridized carbons (Fsp3) is 0.0566. The summed E-state index contributed by atoms with van der Waals surface area (Å²) in [5.41, 5.74) is 13.5. The van der Waals surface area contributed by atoms with E-state index in [0.29, 0.717) is 28.3 Å². The molecule has 0 radical (unpaired) electrons. The van der Waals surface area contributed by atoms with Gasteiger partial charge in [0.15, 0.2) is 5.82 Å². The van der Waals surface area contributed by atoms with E-state index in [-0.39, 0.29) is 35.1 Å². The molecule has 8 aromatic carbocycles. The maximum atomic E-state index is 9.39. The zero-order chi connectivity index (χ0) is 40.4. The van der Waals surface area contributed by atoms with Gasteiger partial charge in [-0.25, -0.2) is 9.97 Å². The number of fused-ring (bicyclic) bond motifs is 4. The number of aromatic nitrogens is 2. The van der Waals surface area contributed by atoms with E-state index in [1.807, 2.05) is 72.8 Å². The minimum absolute atomic E-state index is 0.0101.